The molecule has 7 heteroatoms. The quantitative estimate of drug-likeness (QED) is 0.304. The van der Waals surface area contributed by atoms with Crippen molar-refractivity contribution in [3.8, 4) is 28.8 Å². The van der Waals surface area contributed by atoms with E-state index in [2.05, 4.69) is 12.2 Å². The van der Waals surface area contributed by atoms with Crippen molar-refractivity contribution in [1.29, 1.82) is 5.26 Å². The number of nitriles is 1. The summed E-state index contributed by atoms with van der Waals surface area (Å²) in [6.45, 7) is 4.36. The summed E-state index contributed by atoms with van der Waals surface area (Å²) in [5, 5.41) is 17.3. The largest absolute Gasteiger partial charge is 0.490 e. The standard InChI is InChI=1S/C27H28N4O3/c1-2-3-12-29-27(32)22(17-28)15-23-19-31(18-20-8-5-4-6-9-20)30-26(23)21-10-11-24-25(16-21)34-14-7-13-33-24/h4-6,8-11,15-16,19H,2-3,7,12-14,18H2,1H3,(H,29,32)/b22-15+. The molecule has 0 bridgehead atoms. The molecular weight excluding hydrogens is 428 g/mol. The van der Waals surface area contributed by atoms with Gasteiger partial charge in [0, 0.05) is 30.3 Å². The lowest BCUT2D eigenvalue weighted by atomic mass is 10.1. The molecule has 4 rings (SSSR count). The van der Waals surface area contributed by atoms with E-state index in [0.717, 1.165) is 30.4 Å². The fourth-order valence-corrected chi connectivity index (χ4v) is 3.71. The first-order valence-corrected chi connectivity index (χ1v) is 11.6. The van der Waals surface area contributed by atoms with Gasteiger partial charge in [0.1, 0.15) is 11.6 Å². The molecule has 2 aromatic carbocycles. The lowest BCUT2D eigenvalue weighted by Gasteiger charge is -2.09. The summed E-state index contributed by atoms with van der Waals surface area (Å²) in [5.74, 6) is 0.992. The van der Waals surface area contributed by atoms with Gasteiger partial charge in [-0.3, -0.25) is 9.48 Å². The van der Waals surface area contributed by atoms with Gasteiger partial charge in [-0.05, 0) is 36.3 Å². The van der Waals surface area contributed by atoms with Crippen molar-refractivity contribution in [3.05, 3.63) is 71.4 Å². The van der Waals surface area contributed by atoms with Crippen LogP contribution in [0.1, 0.15) is 37.3 Å². The van der Waals surface area contributed by atoms with Gasteiger partial charge in [-0.25, -0.2) is 0 Å². The third-order valence-corrected chi connectivity index (χ3v) is 5.48. The maximum absolute atomic E-state index is 12.6. The minimum atomic E-state index is -0.378. The Bertz CT molecular complexity index is 1210. The Morgan fingerprint density at radius 1 is 1.18 bits per heavy atom. The van der Waals surface area contributed by atoms with Gasteiger partial charge in [0.25, 0.3) is 5.91 Å². The summed E-state index contributed by atoms with van der Waals surface area (Å²) in [6, 6.07) is 17.8. The monoisotopic (exact) mass is 456 g/mol. The van der Waals surface area contributed by atoms with Gasteiger partial charge in [0.2, 0.25) is 0 Å². The molecule has 2 heterocycles. The van der Waals surface area contributed by atoms with Gasteiger partial charge in [-0.2, -0.15) is 10.4 Å². The molecule has 0 aliphatic carbocycles. The van der Waals surface area contributed by atoms with E-state index in [9.17, 15) is 10.1 Å². The molecule has 34 heavy (non-hydrogen) atoms. The molecule has 0 saturated carbocycles. The Kier molecular flexibility index (Phi) is 7.61. The van der Waals surface area contributed by atoms with Gasteiger partial charge in [-0.15, -0.1) is 0 Å². The molecule has 1 N–H and O–H groups in total. The number of hydrogen-bond acceptors (Lipinski definition) is 5. The normalized spacial score (nSPS) is 13.1. The number of amides is 1. The number of ether oxygens (including phenoxy) is 2. The molecule has 0 atom stereocenters. The summed E-state index contributed by atoms with van der Waals surface area (Å²) in [6.07, 6.45) is 6.12. The number of fused-ring (bicyclic) bond motifs is 1. The van der Waals surface area contributed by atoms with Gasteiger partial charge in [0.15, 0.2) is 11.5 Å². The van der Waals surface area contributed by atoms with Crippen molar-refractivity contribution in [2.75, 3.05) is 19.8 Å². The number of aromatic nitrogens is 2. The number of nitrogens with zero attached hydrogens (tertiary/aromatic N) is 3. The first kappa shape index (κ1) is 23.1. The maximum Gasteiger partial charge on any atom is 0.261 e. The van der Waals surface area contributed by atoms with Crippen LogP contribution in [0.2, 0.25) is 0 Å². The van der Waals surface area contributed by atoms with Crippen LogP contribution < -0.4 is 14.8 Å². The van der Waals surface area contributed by atoms with E-state index < -0.39 is 0 Å². The summed E-state index contributed by atoms with van der Waals surface area (Å²) in [4.78, 5) is 12.6. The number of unbranched alkanes of at least 4 members (excludes halogenated alkanes) is 1. The van der Waals surface area contributed by atoms with Crippen LogP contribution >= 0.6 is 0 Å². The second-order valence-corrected chi connectivity index (χ2v) is 8.11. The molecule has 0 unspecified atom stereocenters. The molecular formula is C27H28N4O3. The van der Waals surface area contributed by atoms with E-state index in [0.29, 0.717) is 49.1 Å². The molecule has 174 valence electrons. The average Bonchev–Trinajstić information content (AvgIpc) is 3.09. The first-order valence-electron chi connectivity index (χ1n) is 11.6. The Morgan fingerprint density at radius 2 is 1.97 bits per heavy atom. The molecule has 0 radical (unpaired) electrons. The van der Waals surface area contributed by atoms with Crippen LogP contribution in [0.4, 0.5) is 0 Å². The van der Waals surface area contributed by atoms with Crippen LogP contribution in [0.5, 0.6) is 11.5 Å². The van der Waals surface area contributed by atoms with E-state index in [4.69, 9.17) is 14.6 Å². The third kappa shape index (κ3) is 5.65. The third-order valence-electron chi connectivity index (χ3n) is 5.48. The van der Waals surface area contributed by atoms with Crippen molar-refractivity contribution in [2.45, 2.75) is 32.7 Å². The van der Waals surface area contributed by atoms with Crippen molar-refractivity contribution < 1.29 is 14.3 Å². The zero-order valence-corrected chi connectivity index (χ0v) is 19.3. The number of rotatable bonds is 8. The molecule has 1 aliphatic rings. The lowest BCUT2D eigenvalue weighted by molar-refractivity contribution is -0.117. The van der Waals surface area contributed by atoms with Crippen LogP contribution in [0.15, 0.2) is 60.3 Å². The SMILES string of the molecule is CCCCNC(=O)/C(C#N)=C/c1cn(Cc2ccccc2)nc1-c1ccc2c(c1)OCCCO2. The van der Waals surface area contributed by atoms with Gasteiger partial charge >= 0.3 is 0 Å². The maximum atomic E-state index is 12.6. The molecule has 3 aromatic rings. The van der Waals surface area contributed by atoms with Gasteiger partial charge < -0.3 is 14.8 Å². The van der Waals surface area contributed by atoms with Crippen molar-refractivity contribution in [2.24, 2.45) is 0 Å². The number of hydrogen-bond donors (Lipinski definition) is 1. The number of carbonyl (C=O) groups is 1. The zero-order chi connectivity index (χ0) is 23.8. The highest BCUT2D eigenvalue weighted by atomic mass is 16.5. The second-order valence-electron chi connectivity index (χ2n) is 8.11. The van der Waals surface area contributed by atoms with Crippen LogP contribution in [-0.4, -0.2) is 35.4 Å². The number of nitrogens with one attached hydrogen (secondary N) is 1. The van der Waals surface area contributed by atoms with E-state index in [-0.39, 0.29) is 11.5 Å². The van der Waals surface area contributed by atoms with Crippen molar-refractivity contribution in [3.63, 3.8) is 0 Å². The molecule has 1 amide bonds. The van der Waals surface area contributed by atoms with Gasteiger partial charge in [0.05, 0.1) is 25.5 Å². The average molecular weight is 457 g/mol. The second kappa shape index (κ2) is 11.2. The minimum absolute atomic E-state index is 0.0472. The fraction of sp³-hybridized carbons (Fsp3) is 0.296. The molecule has 0 saturated heterocycles. The van der Waals surface area contributed by atoms with Crippen LogP contribution in [0.3, 0.4) is 0 Å². The Morgan fingerprint density at radius 3 is 2.74 bits per heavy atom. The summed E-state index contributed by atoms with van der Waals surface area (Å²) in [5.41, 5.74) is 3.33. The summed E-state index contributed by atoms with van der Waals surface area (Å²) < 4.78 is 13.4. The van der Waals surface area contributed by atoms with Crippen LogP contribution in [0, 0.1) is 11.3 Å². The lowest BCUT2D eigenvalue weighted by Crippen LogP contribution is -2.25. The van der Waals surface area contributed by atoms with E-state index in [1.807, 2.05) is 65.5 Å². The Balaban J connectivity index is 1.71. The highest BCUT2D eigenvalue weighted by Crippen LogP contribution is 2.35. The van der Waals surface area contributed by atoms with E-state index in [1.54, 1.807) is 6.08 Å². The van der Waals surface area contributed by atoms with Gasteiger partial charge in [-0.1, -0.05) is 43.7 Å². The topological polar surface area (TPSA) is 89.2 Å². The van der Waals surface area contributed by atoms with Crippen molar-refractivity contribution in [1.82, 2.24) is 15.1 Å². The van der Waals surface area contributed by atoms with E-state index >= 15 is 0 Å². The highest BCUT2D eigenvalue weighted by molar-refractivity contribution is 6.02. The molecule has 0 fully saturated rings. The minimum Gasteiger partial charge on any atom is -0.490 e. The molecule has 1 aliphatic heterocycles. The fourth-order valence-electron chi connectivity index (χ4n) is 3.71. The van der Waals surface area contributed by atoms with Crippen LogP contribution in [-0.2, 0) is 11.3 Å². The van der Waals surface area contributed by atoms with Crippen molar-refractivity contribution >= 4 is 12.0 Å². The summed E-state index contributed by atoms with van der Waals surface area (Å²) in [7, 11) is 0. The number of carbonyl (C=O) groups excluding carboxylic acids is 1. The predicted molar refractivity (Wildman–Crippen MR) is 130 cm³/mol. The predicted octanol–water partition coefficient (Wildman–Crippen LogP) is 4.58. The molecule has 0 spiro atoms. The smallest absolute Gasteiger partial charge is 0.261 e. The zero-order valence-electron chi connectivity index (χ0n) is 19.3. The Labute approximate surface area is 199 Å². The van der Waals surface area contributed by atoms with E-state index in [1.165, 1.54) is 0 Å². The first-order chi connectivity index (χ1) is 16.7. The van der Waals surface area contributed by atoms with Crippen LogP contribution in [0.25, 0.3) is 17.3 Å². The molecule has 1 aromatic heterocycles. The Hall–Kier alpha value is -4.05. The molecule has 7 nitrogen and oxygen atoms in total. The number of benzene rings is 2. The summed E-state index contributed by atoms with van der Waals surface area (Å²) >= 11 is 0. The highest BCUT2D eigenvalue weighted by Gasteiger charge is 2.17.